The fraction of sp³-hybridized carbons (Fsp3) is 0.625. The van der Waals surface area contributed by atoms with Gasteiger partial charge >= 0.3 is 0 Å². The molecule has 0 bridgehead atoms. The highest BCUT2D eigenvalue weighted by molar-refractivity contribution is 5.37. The summed E-state index contributed by atoms with van der Waals surface area (Å²) in [6.45, 7) is 8.06. The van der Waals surface area contributed by atoms with Crippen molar-refractivity contribution in [2.75, 3.05) is 26.2 Å². The third kappa shape index (κ3) is 3.95. The molecule has 1 aromatic rings. The van der Waals surface area contributed by atoms with Crippen molar-refractivity contribution in [1.82, 2.24) is 4.90 Å². The Kier molecular flexibility index (Phi) is 5.23. The number of nitrogens with zero attached hydrogens (tertiary/aromatic N) is 1. The van der Waals surface area contributed by atoms with E-state index in [0.717, 1.165) is 29.8 Å². The van der Waals surface area contributed by atoms with Crippen LogP contribution in [0.2, 0.25) is 0 Å². The first kappa shape index (κ1) is 14.4. The van der Waals surface area contributed by atoms with Gasteiger partial charge in [0.2, 0.25) is 0 Å². The molecule has 0 spiro atoms. The first-order valence-corrected chi connectivity index (χ1v) is 7.34. The molecular weight excluding hydrogens is 238 g/mol. The number of benzene rings is 1. The van der Waals surface area contributed by atoms with Gasteiger partial charge in [-0.15, -0.1) is 0 Å². The molecule has 2 rings (SSSR count). The van der Waals surface area contributed by atoms with Crippen molar-refractivity contribution in [2.45, 2.75) is 39.2 Å². The highest BCUT2D eigenvalue weighted by Crippen LogP contribution is 2.25. The Bertz CT molecular complexity index is 400. The van der Waals surface area contributed by atoms with Crippen LogP contribution >= 0.6 is 0 Å². The average molecular weight is 263 g/mol. The standard InChI is InChI=1S/C16H25NO2/c1-3-19-16-7-6-14(12-13(16)2)15(18)8-11-17-9-4-5-10-17/h6-7,12,15,18H,3-5,8-11H2,1-2H3. The number of aliphatic hydroxyl groups excluding tert-OH is 1. The molecular formula is C16H25NO2. The molecule has 3 heteroatoms. The van der Waals surface area contributed by atoms with Crippen molar-refractivity contribution >= 4 is 0 Å². The van der Waals surface area contributed by atoms with Crippen LogP contribution in [0.5, 0.6) is 5.75 Å². The molecule has 1 aliphatic heterocycles. The third-order valence-electron chi connectivity index (χ3n) is 3.80. The maximum Gasteiger partial charge on any atom is 0.122 e. The molecule has 0 radical (unpaired) electrons. The maximum atomic E-state index is 10.3. The molecule has 1 atom stereocenters. The minimum absolute atomic E-state index is 0.366. The van der Waals surface area contributed by atoms with Gasteiger partial charge < -0.3 is 14.7 Å². The Morgan fingerprint density at radius 2 is 2.05 bits per heavy atom. The monoisotopic (exact) mass is 263 g/mol. The lowest BCUT2D eigenvalue weighted by molar-refractivity contribution is 0.149. The number of likely N-dealkylation sites (tertiary alicyclic amines) is 1. The van der Waals surface area contributed by atoms with E-state index >= 15 is 0 Å². The van der Waals surface area contributed by atoms with Crippen molar-refractivity contribution in [2.24, 2.45) is 0 Å². The summed E-state index contributed by atoms with van der Waals surface area (Å²) >= 11 is 0. The van der Waals surface area contributed by atoms with Crippen molar-refractivity contribution in [3.8, 4) is 5.75 Å². The Balaban J connectivity index is 1.90. The summed E-state index contributed by atoms with van der Waals surface area (Å²) in [5, 5.41) is 10.3. The normalized spacial score (nSPS) is 17.6. The molecule has 1 saturated heterocycles. The lowest BCUT2D eigenvalue weighted by Gasteiger charge is -2.18. The summed E-state index contributed by atoms with van der Waals surface area (Å²) in [7, 11) is 0. The molecule has 0 amide bonds. The number of hydrogen-bond donors (Lipinski definition) is 1. The molecule has 0 saturated carbocycles. The van der Waals surface area contributed by atoms with Gasteiger partial charge in [0, 0.05) is 6.54 Å². The number of aryl methyl sites for hydroxylation is 1. The second-order valence-electron chi connectivity index (χ2n) is 5.31. The van der Waals surface area contributed by atoms with E-state index in [-0.39, 0.29) is 6.10 Å². The fourth-order valence-electron chi connectivity index (χ4n) is 2.68. The van der Waals surface area contributed by atoms with Crippen LogP contribution in [-0.2, 0) is 0 Å². The Labute approximate surface area is 116 Å². The highest BCUT2D eigenvalue weighted by atomic mass is 16.5. The molecule has 106 valence electrons. The minimum Gasteiger partial charge on any atom is -0.494 e. The van der Waals surface area contributed by atoms with Crippen molar-refractivity contribution in [3.63, 3.8) is 0 Å². The quantitative estimate of drug-likeness (QED) is 0.856. The zero-order chi connectivity index (χ0) is 13.7. The topological polar surface area (TPSA) is 32.7 Å². The summed E-state index contributed by atoms with van der Waals surface area (Å²) in [5.41, 5.74) is 2.10. The highest BCUT2D eigenvalue weighted by Gasteiger charge is 2.15. The lowest BCUT2D eigenvalue weighted by atomic mass is 10.0. The Hall–Kier alpha value is -1.06. The number of ether oxygens (including phenoxy) is 1. The van der Waals surface area contributed by atoms with Gasteiger partial charge in [0.1, 0.15) is 5.75 Å². The van der Waals surface area contributed by atoms with Crippen LogP contribution in [0.15, 0.2) is 18.2 Å². The molecule has 1 N–H and O–H groups in total. The zero-order valence-electron chi connectivity index (χ0n) is 12.1. The second-order valence-corrected chi connectivity index (χ2v) is 5.31. The van der Waals surface area contributed by atoms with Crippen LogP contribution in [0, 0.1) is 6.92 Å². The van der Waals surface area contributed by atoms with Gasteiger partial charge in [0.05, 0.1) is 12.7 Å². The second kappa shape index (κ2) is 6.92. The van der Waals surface area contributed by atoms with Gasteiger partial charge in [-0.05, 0) is 69.5 Å². The summed E-state index contributed by atoms with van der Waals surface area (Å²) < 4.78 is 5.52. The van der Waals surface area contributed by atoms with Gasteiger partial charge in [0.25, 0.3) is 0 Å². The molecule has 1 unspecified atom stereocenters. The van der Waals surface area contributed by atoms with E-state index in [4.69, 9.17) is 4.74 Å². The molecule has 3 nitrogen and oxygen atoms in total. The van der Waals surface area contributed by atoms with E-state index in [9.17, 15) is 5.11 Å². The van der Waals surface area contributed by atoms with Gasteiger partial charge in [-0.3, -0.25) is 0 Å². The van der Waals surface area contributed by atoms with Crippen LogP contribution < -0.4 is 4.74 Å². The molecule has 1 aliphatic rings. The van der Waals surface area contributed by atoms with Crippen LogP contribution in [-0.4, -0.2) is 36.2 Å². The van der Waals surface area contributed by atoms with E-state index in [2.05, 4.69) is 4.90 Å². The van der Waals surface area contributed by atoms with Crippen LogP contribution in [0.4, 0.5) is 0 Å². The zero-order valence-corrected chi connectivity index (χ0v) is 12.1. The average Bonchev–Trinajstić information content (AvgIpc) is 2.91. The van der Waals surface area contributed by atoms with Gasteiger partial charge in [-0.1, -0.05) is 6.07 Å². The predicted molar refractivity (Wildman–Crippen MR) is 77.6 cm³/mol. The fourth-order valence-corrected chi connectivity index (χ4v) is 2.68. The Morgan fingerprint density at radius 3 is 2.68 bits per heavy atom. The third-order valence-corrected chi connectivity index (χ3v) is 3.80. The van der Waals surface area contributed by atoms with Gasteiger partial charge in [0.15, 0.2) is 0 Å². The lowest BCUT2D eigenvalue weighted by Crippen LogP contribution is -2.22. The molecule has 0 aromatic heterocycles. The molecule has 0 aliphatic carbocycles. The summed E-state index contributed by atoms with van der Waals surface area (Å²) in [6.07, 6.45) is 3.05. The van der Waals surface area contributed by atoms with E-state index in [1.165, 1.54) is 25.9 Å². The van der Waals surface area contributed by atoms with Gasteiger partial charge in [-0.2, -0.15) is 0 Å². The van der Waals surface area contributed by atoms with Crippen molar-refractivity contribution in [1.29, 1.82) is 0 Å². The van der Waals surface area contributed by atoms with Crippen LogP contribution in [0.25, 0.3) is 0 Å². The number of hydrogen-bond acceptors (Lipinski definition) is 3. The van der Waals surface area contributed by atoms with E-state index in [1.54, 1.807) is 0 Å². The van der Waals surface area contributed by atoms with Crippen LogP contribution in [0.1, 0.15) is 43.4 Å². The van der Waals surface area contributed by atoms with Crippen LogP contribution in [0.3, 0.4) is 0 Å². The predicted octanol–water partition coefficient (Wildman–Crippen LogP) is 2.91. The largest absolute Gasteiger partial charge is 0.494 e. The van der Waals surface area contributed by atoms with Gasteiger partial charge in [-0.25, -0.2) is 0 Å². The summed E-state index contributed by atoms with van der Waals surface area (Å²) in [4.78, 5) is 2.44. The van der Waals surface area contributed by atoms with Crippen molar-refractivity contribution in [3.05, 3.63) is 29.3 Å². The number of rotatable bonds is 6. The Morgan fingerprint density at radius 1 is 1.32 bits per heavy atom. The maximum absolute atomic E-state index is 10.3. The minimum atomic E-state index is -0.366. The van der Waals surface area contributed by atoms with Crippen molar-refractivity contribution < 1.29 is 9.84 Å². The first-order chi connectivity index (χ1) is 9.20. The first-order valence-electron chi connectivity index (χ1n) is 7.34. The molecule has 1 heterocycles. The molecule has 1 fully saturated rings. The van der Waals surface area contributed by atoms with E-state index < -0.39 is 0 Å². The molecule has 1 aromatic carbocycles. The smallest absolute Gasteiger partial charge is 0.122 e. The summed E-state index contributed by atoms with van der Waals surface area (Å²) in [5.74, 6) is 0.915. The van der Waals surface area contributed by atoms with E-state index in [1.807, 2.05) is 32.0 Å². The SMILES string of the molecule is CCOc1ccc(C(O)CCN2CCCC2)cc1C. The summed E-state index contributed by atoms with van der Waals surface area (Å²) in [6, 6.07) is 5.99. The molecule has 19 heavy (non-hydrogen) atoms. The number of aliphatic hydroxyl groups is 1. The van der Waals surface area contributed by atoms with E-state index in [0.29, 0.717) is 6.61 Å².